The molecule has 0 saturated carbocycles. The number of ether oxygens (including phenoxy) is 3. The first-order chi connectivity index (χ1) is 14.4. The van der Waals surface area contributed by atoms with Crippen molar-refractivity contribution in [1.82, 2.24) is 5.32 Å². The van der Waals surface area contributed by atoms with Crippen LogP contribution in [0.15, 0.2) is 42.5 Å². The lowest BCUT2D eigenvalue weighted by molar-refractivity contribution is -0.152. The van der Waals surface area contributed by atoms with Gasteiger partial charge in [-0.1, -0.05) is 12.1 Å². The lowest BCUT2D eigenvalue weighted by atomic mass is 10.2. The standard InChI is InChI=1S/C21H21N3O6/c1-13(20(26)24-18-7-5-4-6-14(18)11-22)30-19(25)12-23-21(27)15-8-16(28-2)10-17(9-15)29-3/h4-10,13H,12H2,1-3H3,(H,23,27)(H,24,26)/t13-/m1/s1. The Morgan fingerprint density at radius 1 is 1.07 bits per heavy atom. The number of hydrogen-bond donors (Lipinski definition) is 2. The third-order valence-corrected chi connectivity index (χ3v) is 3.99. The molecule has 0 fully saturated rings. The van der Waals surface area contributed by atoms with Crippen molar-refractivity contribution < 1.29 is 28.6 Å². The van der Waals surface area contributed by atoms with Crippen molar-refractivity contribution in [3.63, 3.8) is 0 Å². The molecular formula is C21H21N3O6. The summed E-state index contributed by atoms with van der Waals surface area (Å²) in [6.45, 7) is 0.946. The van der Waals surface area contributed by atoms with E-state index in [9.17, 15) is 14.4 Å². The van der Waals surface area contributed by atoms with E-state index in [0.29, 0.717) is 17.2 Å². The number of hydrogen-bond acceptors (Lipinski definition) is 7. The van der Waals surface area contributed by atoms with E-state index >= 15 is 0 Å². The van der Waals surface area contributed by atoms with E-state index in [2.05, 4.69) is 10.6 Å². The second-order valence-electron chi connectivity index (χ2n) is 6.06. The summed E-state index contributed by atoms with van der Waals surface area (Å²) < 4.78 is 15.2. The summed E-state index contributed by atoms with van der Waals surface area (Å²) in [5.74, 6) is -1.09. The third kappa shape index (κ3) is 5.97. The van der Waals surface area contributed by atoms with Crippen molar-refractivity contribution in [2.75, 3.05) is 26.1 Å². The smallest absolute Gasteiger partial charge is 0.326 e. The summed E-state index contributed by atoms with van der Waals surface area (Å²) >= 11 is 0. The molecule has 0 spiro atoms. The van der Waals surface area contributed by atoms with Crippen molar-refractivity contribution in [3.05, 3.63) is 53.6 Å². The number of carbonyl (C=O) groups excluding carboxylic acids is 3. The van der Waals surface area contributed by atoms with Crippen LogP contribution in [-0.2, 0) is 14.3 Å². The molecule has 9 heteroatoms. The van der Waals surface area contributed by atoms with Crippen LogP contribution < -0.4 is 20.1 Å². The molecule has 1 atom stereocenters. The lowest BCUT2D eigenvalue weighted by Crippen LogP contribution is -2.36. The molecule has 0 saturated heterocycles. The van der Waals surface area contributed by atoms with Crippen LogP contribution in [-0.4, -0.2) is 44.7 Å². The largest absolute Gasteiger partial charge is 0.497 e. The van der Waals surface area contributed by atoms with Crippen LogP contribution in [0.25, 0.3) is 0 Å². The number of benzene rings is 2. The third-order valence-electron chi connectivity index (χ3n) is 3.99. The highest BCUT2D eigenvalue weighted by Gasteiger charge is 2.20. The topological polar surface area (TPSA) is 127 Å². The van der Waals surface area contributed by atoms with Crippen molar-refractivity contribution >= 4 is 23.5 Å². The fraction of sp³-hybridized carbons (Fsp3) is 0.238. The second kappa shape index (κ2) is 10.5. The average molecular weight is 411 g/mol. The van der Waals surface area contributed by atoms with Crippen LogP contribution in [0.3, 0.4) is 0 Å². The highest BCUT2D eigenvalue weighted by Crippen LogP contribution is 2.22. The van der Waals surface area contributed by atoms with E-state index < -0.39 is 30.4 Å². The van der Waals surface area contributed by atoms with Gasteiger partial charge in [0.05, 0.1) is 25.5 Å². The zero-order valence-electron chi connectivity index (χ0n) is 16.7. The molecule has 0 unspecified atom stereocenters. The molecule has 0 aliphatic rings. The van der Waals surface area contributed by atoms with Gasteiger partial charge in [-0.05, 0) is 31.2 Å². The maximum atomic E-state index is 12.3. The van der Waals surface area contributed by atoms with Gasteiger partial charge in [0.1, 0.15) is 24.1 Å². The van der Waals surface area contributed by atoms with Gasteiger partial charge in [0.15, 0.2) is 6.10 Å². The molecule has 2 rings (SSSR count). The molecule has 2 aromatic rings. The van der Waals surface area contributed by atoms with Crippen molar-refractivity contribution in [3.8, 4) is 17.6 Å². The molecule has 30 heavy (non-hydrogen) atoms. The van der Waals surface area contributed by atoms with Gasteiger partial charge < -0.3 is 24.8 Å². The molecule has 2 N–H and O–H groups in total. The molecule has 2 aromatic carbocycles. The van der Waals surface area contributed by atoms with E-state index in [-0.39, 0.29) is 11.1 Å². The van der Waals surface area contributed by atoms with Crippen LogP contribution in [0.2, 0.25) is 0 Å². The number of esters is 1. The van der Waals surface area contributed by atoms with Gasteiger partial charge >= 0.3 is 5.97 Å². The first-order valence-corrected chi connectivity index (χ1v) is 8.88. The number of nitrogens with zero attached hydrogens (tertiary/aromatic N) is 1. The first-order valence-electron chi connectivity index (χ1n) is 8.88. The van der Waals surface area contributed by atoms with Gasteiger partial charge in [-0.15, -0.1) is 0 Å². The summed E-state index contributed by atoms with van der Waals surface area (Å²) in [5, 5.41) is 14.0. The number of para-hydroxylation sites is 1. The Kier molecular flexibility index (Phi) is 7.76. The number of nitrogens with one attached hydrogen (secondary N) is 2. The first kappa shape index (κ1) is 22.2. The molecule has 0 aromatic heterocycles. The van der Waals surface area contributed by atoms with Crippen LogP contribution in [0.1, 0.15) is 22.8 Å². The highest BCUT2D eigenvalue weighted by molar-refractivity contribution is 5.98. The Labute approximate surface area is 173 Å². The summed E-state index contributed by atoms with van der Waals surface area (Å²) in [4.78, 5) is 36.5. The molecule has 156 valence electrons. The normalized spacial score (nSPS) is 10.9. The van der Waals surface area contributed by atoms with Gasteiger partial charge in [-0.3, -0.25) is 14.4 Å². The van der Waals surface area contributed by atoms with Crippen molar-refractivity contribution in [2.24, 2.45) is 0 Å². The van der Waals surface area contributed by atoms with Crippen LogP contribution in [0.5, 0.6) is 11.5 Å². The van der Waals surface area contributed by atoms with E-state index in [1.54, 1.807) is 30.3 Å². The SMILES string of the molecule is COc1cc(OC)cc(C(=O)NCC(=O)O[C@H](C)C(=O)Nc2ccccc2C#N)c1. The zero-order valence-corrected chi connectivity index (χ0v) is 16.7. The van der Waals surface area contributed by atoms with Gasteiger partial charge in [-0.2, -0.15) is 5.26 Å². The maximum Gasteiger partial charge on any atom is 0.326 e. The lowest BCUT2D eigenvalue weighted by Gasteiger charge is -2.14. The Morgan fingerprint density at radius 2 is 1.70 bits per heavy atom. The van der Waals surface area contributed by atoms with Gasteiger partial charge in [0.25, 0.3) is 11.8 Å². The van der Waals surface area contributed by atoms with E-state index in [1.165, 1.54) is 33.3 Å². The summed E-state index contributed by atoms with van der Waals surface area (Å²) in [5.41, 5.74) is 0.830. The van der Waals surface area contributed by atoms with Gasteiger partial charge in [0, 0.05) is 11.6 Å². The van der Waals surface area contributed by atoms with Crippen LogP contribution in [0.4, 0.5) is 5.69 Å². The van der Waals surface area contributed by atoms with E-state index in [1.807, 2.05) is 6.07 Å². The Bertz CT molecular complexity index is 961. The molecule has 0 heterocycles. The van der Waals surface area contributed by atoms with E-state index in [0.717, 1.165) is 0 Å². The fourth-order valence-electron chi connectivity index (χ4n) is 2.41. The van der Waals surface area contributed by atoms with Crippen molar-refractivity contribution in [1.29, 1.82) is 5.26 Å². The number of rotatable bonds is 8. The quantitative estimate of drug-likeness (QED) is 0.635. The molecule has 0 aliphatic carbocycles. The minimum absolute atomic E-state index is 0.234. The molecule has 0 radical (unpaired) electrons. The van der Waals surface area contributed by atoms with E-state index in [4.69, 9.17) is 19.5 Å². The maximum absolute atomic E-state index is 12.3. The number of amides is 2. The average Bonchev–Trinajstić information content (AvgIpc) is 2.77. The van der Waals surface area contributed by atoms with Gasteiger partial charge in [0.2, 0.25) is 0 Å². The van der Waals surface area contributed by atoms with Crippen LogP contribution in [0, 0.1) is 11.3 Å². The minimum Gasteiger partial charge on any atom is -0.497 e. The molecule has 0 aliphatic heterocycles. The minimum atomic E-state index is -1.13. The number of carbonyl (C=O) groups is 3. The predicted octanol–water partition coefficient (Wildman–Crippen LogP) is 1.88. The molecule has 2 amide bonds. The predicted molar refractivity (Wildman–Crippen MR) is 107 cm³/mol. The summed E-state index contributed by atoms with van der Waals surface area (Å²) in [6, 6.07) is 13.0. The highest BCUT2D eigenvalue weighted by atomic mass is 16.5. The molecule has 9 nitrogen and oxygen atoms in total. The van der Waals surface area contributed by atoms with Crippen LogP contribution >= 0.6 is 0 Å². The monoisotopic (exact) mass is 411 g/mol. The molecule has 0 bridgehead atoms. The zero-order chi connectivity index (χ0) is 22.1. The van der Waals surface area contributed by atoms with Gasteiger partial charge in [-0.25, -0.2) is 0 Å². The Balaban J connectivity index is 1.90. The Morgan fingerprint density at radius 3 is 2.30 bits per heavy atom. The Hall–Kier alpha value is -4.06. The number of anilines is 1. The molecular weight excluding hydrogens is 390 g/mol. The van der Waals surface area contributed by atoms with Crippen molar-refractivity contribution in [2.45, 2.75) is 13.0 Å². The second-order valence-corrected chi connectivity index (χ2v) is 6.06. The number of methoxy groups -OCH3 is 2. The fourth-order valence-corrected chi connectivity index (χ4v) is 2.41. The summed E-state index contributed by atoms with van der Waals surface area (Å²) in [6.07, 6.45) is -1.13. The number of nitriles is 1. The summed E-state index contributed by atoms with van der Waals surface area (Å²) in [7, 11) is 2.91.